The first-order valence-corrected chi connectivity index (χ1v) is 41.7. The molecule has 0 aliphatic carbocycles. The van der Waals surface area contributed by atoms with Gasteiger partial charge in [0.15, 0.2) is 15.5 Å². The number of rotatable bonds is 20. The van der Waals surface area contributed by atoms with Gasteiger partial charge in [-0.15, -0.1) is 0 Å². The Hall–Kier alpha value is -7.15. The van der Waals surface area contributed by atoms with Crippen LogP contribution in [0.15, 0.2) is 154 Å². The van der Waals surface area contributed by atoms with E-state index in [0.29, 0.717) is 75.1 Å². The normalized spacial score (nSPS) is 12.8. The molecule has 0 radical (unpaired) electrons. The summed E-state index contributed by atoms with van der Waals surface area (Å²) in [5.41, 5.74) is 12.3. The molecular formula is C57H62F15IN8O10S9. The fourth-order valence-electron chi connectivity index (χ4n) is 6.98. The van der Waals surface area contributed by atoms with E-state index in [1.54, 1.807) is 12.1 Å². The number of nitrogens with two attached hydrogens (primary N) is 2. The van der Waals surface area contributed by atoms with Crippen LogP contribution in [0.4, 0.5) is 101 Å². The molecule has 0 spiro atoms. The van der Waals surface area contributed by atoms with Gasteiger partial charge in [-0.1, -0.05) is 101 Å². The number of aliphatic imine (C=N–C) groups is 1. The number of thiocarbonyl (C=S) groups is 2. The van der Waals surface area contributed by atoms with Crippen molar-refractivity contribution in [3.05, 3.63) is 206 Å². The van der Waals surface area contributed by atoms with E-state index in [9.17, 15) is 103 Å². The lowest BCUT2D eigenvalue weighted by molar-refractivity contribution is 0.360. The number of nitrogens with one attached hydrogen (secondary N) is 4. The first-order valence-electron chi connectivity index (χ1n) is 26.3. The van der Waals surface area contributed by atoms with Gasteiger partial charge in [0.1, 0.15) is 38.9 Å². The number of halogens is 16. The van der Waals surface area contributed by atoms with E-state index in [-0.39, 0.29) is 59.3 Å². The summed E-state index contributed by atoms with van der Waals surface area (Å²) in [6, 6.07) is 24.8. The van der Waals surface area contributed by atoms with Crippen molar-refractivity contribution in [1.82, 2.24) is 0 Å². The highest BCUT2D eigenvalue weighted by atomic mass is 127. The summed E-state index contributed by atoms with van der Waals surface area (Å²) in [4.78, 5) is 3.24. The van der Waals surface area contributed by atoms with E-state index in [1.807, 2.05) is 41.9 Å². The maximum atomic E-state index is 14.0. The molecule has 0 saturated carbocycles. The summed E-state index contributed by atoms with van der Waals surface area (Å²) in [5, 5.41) is 2.02. The molecule has 7 aromatic rings. The maximum absolute atomic E-state index is 14.0. The van der Waals surface area contributed by atoms with Gasteiger partial charge < -0.3 is 11.5 Å². The van der Waals surface area contributed by atoms with E-state index in [1.165, 1.54) is 60.7 Å². The van der Waals surface area contributed by atoms with E-state index in [4.69, 9.17) is 30.3 Å². The molecule has 100 heavy (non-hydrogen) atoms. The zero-order chi connectivity index (χ0) is 76.3. The molecule has 0 heterocycles. The summed E-state index contributed by atoms with van der Waals surface area (Å²) >= 11 is 11.4. The predicted molar refractivity (Wildman–Crippen MR) is 383 cm³/mol. The number of nitrogen functional groups attached to an aromatic ring is 2. The monoisotopic (exact) mass is 1720 g/mol. The highest BCUT2D eigenvalue weighted by molar-refractivity contribution is 14.1. The molecule has 0 amide bonds. The third-order valence-corrected chi connectivity index (χ3v) is 17.9. The van der Waals surface area contributed by atoms with Crippen LogP contribution in [-0.4, -0.2) is 83.4 Å². The average Bonchev–Trinajstić information content (AvgIpc) is 0.736. The lowest BCUT2D eigenvalue weighted by atomic mass is 10.0. The molecule has 7 rings (SSSR count). The van der Waals surface area contributed by atoms with Crippen LogP contribution in [0.3, 0.4) is 0 Å². The van der Waals surface area contributed by atoms with Crippen molar-refractivity contribution in [3.63, 3.8) is 0 Å². The molecule has 0 fully saturated rings. The zero-order valence-electron chi connectivity index (χ0n) is 51.4. The third-order valence-electron chi connectivity index (χ3n) is 11.2. The lowest BCUT2D eigenvalue weighted by Gasteiger charge is -2.40. The van der Waals surface area contributed by atoms with Crippen molar-refractivity contribution in [1.29, 1.82) is 0 Å². The van der Waals surface area contributed by atoms with Crippen molar-refractivity contribution in [2.24, 2.45) is 4.99 Å². The molecule has 7 aromatic carbocycles. The van der Waals surface area contributed by atoms with Crippen LogP contribution in [0.5, 0.6) is 0 Å². The number of aryl methyl sites for hydroxylation is 2. The Bertz CT molecular complexity index is 4580. The van der Waals surface area contributed by atoms with Crippen LogP contribution in [0.25, 0.3) is 4.85 Å². The molecule has 0 saturated heterocycles. The van der Waals surface area contributed by atoms with Crippen LogP contribution in [0.1, 0.15) is 42.5 Å². The van der Waals surface area contributed by atoms with Gasteiger partial charge in [-0.25, -0.2) is 73.9 Å². The molecule has 0 atom stereocenters. The Balaban J connectivity index is 0.000000622. The number of benzene rings is 7. The Kier molecular flexibility index (Phi) is 31.1. The van der Waals surface area contributed by atoms with Gasteiger partial charge in [0.25, 0.3) is 0 Å². The lowest BCUT2D eigenvalue weighted by Crippen LogP contribution is -2.10. The molecule has 0 aliphatic heterocycles. The molecule has 43 heteroatoms. The van der Waals surface area contributed by atoms with Gasteiger partial charge in [0.05, 0.1) is 71.8 Å². The number of isothiocyanates is 1. The summed E-state index contributed by atoms with van der Waals surface area (Å²) in [7, 11) is -36.4. The Morgan fingerprint density at radius 2 is 0.830 bits per heavy atom. The average molecular weight is 1720 g/mol. The molecule has 0 bridgehead atoms. The van der Waals surface area contributed by atoms with Crippen molar-refractivity contribution >= 4 is 167 Å². The highest BCUT2D eigenvalue weighted by Crippen LogP contribution is 3.02. The third kappa shape index (κ3) is 38.0. The van der Waals surface area contributed by atoms with E-state index < -0.39 is 115 Å². The first kappa shape index (κ1) is 90.9. The van der Waals surface area contributed by atoms with Crippen LogP contribution >= 0.6 is 67.5 Å². The fourth-order valence-corrected chi connectivity index (χ4v) is 12.1. The van der Waals surface area contributed by atoms with Crippen LogP contribution in [-0.2, 0) is 75.1 Å². The second-order valence-electron chi connectivity index (χ2n) is 20.5. The fraction of sp³-hybridized carbons (Fsp3) is 0.211. The first-order chi connectivity index (χ1) is 44.5. The minimum absolute atomic E-state index is 0. The molecular weight excluding hydrogens is 1660 g/mol. The molecule has 0 aromatic heterocycles. The number of anilines is 6. The highest BCUT2D eigenvalue weighted by Gasteiger charge is 2.66. The molecule has 0 aliphatic rings. The number of sulfonamides is 4. The number of hydrogen-bond acceptors (Lipinski definition) is 15. The molecule has 8 N–H and O–H groups in total. The van der Waals surface area contributed by atoms with Gasteiger partial charge in [-0.2, -0.15) is 0 Å². The Labute approximate surface area is 593 Å². The quantitative estimate of drug-likeness (QED) is 0.0103. The largest absolute Gasteiger partial charge is 0.399 e. The summed E-state index contributed by atoms with van der Waals surface area (Å²) in [6.07, 6.45) is 6.30. The van der Waals surface area contributed by atoms with Gasteiger partial charge in [-0.05, 0) is 179 Å². The summed E-state index contributed by atoms with van der Waals surface area (Å²) < 4.78 is 308. The Morgan fingerprint density at radius 1 is 0.490 bits per heavy atom. The van der Waals surface area contributed by atoms with E-state index in [2.05, 4.69) is 26.8 Å². The summed E-state index contributed by atoms with van der Waals surface area (Å²) in [6.45, 7) is 6.63. The summed E-state index contributed by atoms with van der Waals surface area (Å²) in [5.74, 6) is -3.72. The smallest absolute Gasteiger partial charge is 0.310 e. The van der Waals surface area contributed by atoms with E-state index >= 15 is 0 Å². The van der Waals surface area contributed by atoms with Crippen molar-refractivity contribution in [3.8, 4) is 0 Å². The van der Waals surface area contributed by atoms with Crippen LogP contribution < -0.4 is 30.4 Å². The zero-order valence-corrected chi connectivity index (χ0v) is 60.9. The maximum Gasteiger partial charge on any atom is 0.310 e. The van der Waals surface area contributed by atoms with E-state index in [0.717, 1.165) is 73.7 Å². The molecule has 556 valence electrons. The minimum Gasteiger partial charge on any atom is -0.399 e. The van der Waals surface area contributed by atoms with Gasteiger partial charge in [0.2, 0.25) is 40.1 Å². The number of hydrogen-bond donors (Lipinski definition) is 6. The standard InChI is InChI=1S/C19H20F6O2S3.C8H6F5NS2.C8H7FN2O2S.C7H7FINO2S.2C7H9FN2O2S.CH4/c1-29(26,27)13-16-7-2-15(12-19(16)20)4-9-17(28)8-3-14-5-10-18(11-6-14)30(21,22,23,24)25;9-16(10,11,12,13)8-3-1-7(2-4-8)5-14-6-15;1-10-6-3-4-8(7(9)5-6)11-14(2,12)13;3*1-13(11,12)10-7-3-2-5(9)4-6(7)8;/h2,5-7,10-12H,3-4,8-9,13H2,1H3;1-4H,5H2;3-5,11H,2H3;2-4,10H,1H3;2*2-4,10H,9H2,1H3;1H4. The number of sulfone groups is 1. The number of nitrogens with zero attached hydrogens (tertiary/aromatic N) is 2. The van der Waals surface area contributed by atoms with Gasteiger partial charge in [0, 0.05) is 26.8 Å². The molecule has 0 unspecified atom stereocenters. The minimum atomic E-state index is -9.67. The van der Waals surface area contributed by atoms with Crippen LogP contribution in [0, 0.1) is 39.2 Å². The van der Waals surface area contributed by atoms with Crippen molar-refractivity contribution in [2.75, 3.05) is 61.6 Å². The predicted octanol–water partition coefficient (Wildman–Crippen LogP) is 17.7. The topological polar surface area (TPSA) is 288 Å². The SMILES string of the molecule is C.CS(=O)(=O)Cc1ccc(CCC(=S)CCc2ccc(S(F)(F)(F)(F)F)cc2)cc1F.CS(=O)(=O)Nc1ccc(I)cc1F.CS(=O)(=O)Nc1ccc(N)cc1F.CS(=O)(=O)Nc1ccc(N)cc1F.FS(F)(F)(F)(F)c1ccc(CN=C=S)cc1.[C-]#[N+]c1ccc(NS(C)(=O)=O)c(F)c1. The van der Waals surface area contributed by atoms with Crippen LogP contribution in [0.2, 0.25) is 0 Å². The van der Waals surface area contributed by atoms with Crippen molar-refractivity contribution in [2.45, 2.75) is 55.2 Å². The van der Waals surface area contributed by atoms with Gasteiger partial charge in [-0.3, -0.25) is 18.9 Å². The molecule has 18 nitrogen and oxygen atoms in total. The second-order valence-corrected chi connectivity index (χ2v) is 36.5. The van der Waals surface area contributed by atoms with Crippen molar-refractivity contribution < 1.29 is 103 Å². The van der Waals surface area contributed by atoms with Gasteiger partial charge >= 0.3 is 20.4 Å². The second kappa shape index (κ2) is 34.2. The Morgan fingerprint density at radius 3 is 1.15 bits per heavy atom.